The van der Waals surface area contributed by atoms with Crippen LogP contribution in [-0.2, 0) is 30.2 Å². The predicted molar refractivity (Wildman–Crippen MR) is 111 cm³/mol. The summed E-state index contributed by atoms with van der Waals surface area (Å²) >= 11 is 6.41. The molecule has 1 aliphatic rings. The monoisotopic (exact) mass is 432 g/mol. The van der Waals surface area contributed by atoms with Crippen LogP contribution in [0.3, 0.4) is 0 Å². The lowest BCUT2D eigenvalue weighted by Gasteiger charge is -2.35. The lowest BCUT2D eigenvalue weighted by atomic mass is 9.94. The topological polar surface area (TPSA) is 82.1 Å². The molecular weight excluding hydrogens is 408 g/mol. The average molecular weight is 433 g/mol. The van der Waals surface area contributed by atoms with Crippen LogP contribution in [0, 0.1) is 0 Å². The summed E-state index contributed by atoms with van der Waals surface area (Å²) in [5, 5.41) is 10.1. The first-order chi connectivity index (χ1) is 14.3. The third kappa shape index (κ3) is 6.21. The van der Waals surface area contributed by atoms with Crippen molar-refractivity contribution in [3.63, 3.8) is 0 Å². The van der Waals surface area contributed by atoms with E-state index in [1.807, 2.05) is 30.3 Å². The third-order valence-electron chi connectivity index (χ3n) is 4.94. The normalized spacial score (nSPS) is 21.1. The van der Waals surface area contributed by atoms with Gasteiger partial charge in [-0.3, -0.25) is 9.59 Å². The molecule has 3 rings (SSSR count). The number of ether oxygens (including phenoxy) is 3. The van der Waals surface area contributed by atoms with E-state index in [0.717, 1.165) is 16.7 Å². The lowest BCUT2D eigenvalue weighted by molar-refractivity contribution is -0.169. The van der Waals surface area contributed by atoms with Gasteiger partial charge in [0.05, 0.1) is 12.2 Å². The molecule has 0 spiro atoms. The molecule has 0 amide bonds. The summed E-state index contributed by atoms with van der Waals surface area (Å²) in [5.41, 5.74) is 2.86. The number of phenols is 1. The van der Waals surface area contributed by atoms with Crippen LogP contribution in [-0.4, -0.2) is 35.9 Å². The molecule has 0 radical (unpaired) electrons. The minimum atomic E-state index is -0.382. The first-order valence-electron chi connectivity index (χ1n) is 9.82. The van der Waals surface area contributed by atoms with E-state index in [-0.39, 0.29) is 42.6 Å². The van der Waals surface area contributed by atoms with Crippen molar-refractivity contribution in [3.8, 4) is 5.75 Å². The van der Waals surface area contributed by atoms with E-state index in [9.17, 15) is 14.7 Å². The fourth-order valence-corrected chi connectivity index (χ4v) is 3.78. The van der Waals surface area contributed by atoms with E-state index in [2.05, 4.69) is 0 Å². The van der Waals surface area contributed by atoms with Crippen LogP contribution in [0.4, 0.5) is 0 Å². The minimum Gasteiger partial charge on any atom is -0.508 e. The summed E-state index contributed by atoms with van der Waals surface area (Å²) in [6.45, 7) is 2.83. The van der Waals surface area contributed by atoms with Gasteiger partial charge in [0.25, 0.3) is 0 Å². The van der Waals surface area contributed by atoms with Crippen molar-refractivity contribution in [3.05, 3.63) is 64.2 Å². The van der Waals surface area contributed by atoms with Crippen LogP contribution in [0.5, 0.6) is 5.75 Å². The van der Waals surface area contributed by atoms with E-state index in [0.29, 0.717) is 24.3 Å². The maximum Gasteiger partial charge on any atom is 0.302 e. The number of phenolic OH excluding ortho intramolecular Hbond substituents is 1. The molecule has 3 atom stereocenters. The Bertz CT molecular complexity index is 895. The second-order valence-corrected chi connectivity index (χ2v) is 7.85. The molecule has 1 fully saturated rings. The Kier molecular flexibility index (Phi) is 7.34. The van der Waals surface area contributed by atoms with E-state index in [4.69, 9.17) is 25.8 Å². The summed E-state index contributed by atoms with van der Waals surface area (Å²) in [5.74, 6) is -0.520. The summed E-state index contributed by atoms with van der Waals surface area (Å²) in [6.07, 6.45) is 0.572. The molecule has 7 heteroatoms. The molecule has 0 unspecified atom stereocenters. The number of esters is 2. The lowest BCUT2D eigenvalue weighted by Crippen LogP contribution is -2.36. The van der Waals surface area contributed by atoms with Crippen molar-refractivity contribution in [2.24, 2.45) is 0 Å². The molecule has 1 aliphatic heterocycles. The van der Waals surface area contributed by atoms with Gasteiger partial charge in [0.2, 0.25) is 0 Å². The van der Waals surface area contributed by atoms with Crippen molar-refractivity contribution in [1.82, 2.24) is 0 Å². The molecule has 1 heterocycles. The van der Waals surface area contributed by atoms with Crippen LogP contribution in [0.2, 0.25) is 5.02 Å². The Morgan fingerprint density at radius 2 is 1.83 bits per heavy atom. The largest absolute Gasteiger partial charge is 0.508 e. The molecule has 6 nitrogen and oxygen atoms in total. The number of benzene rings is 2. The summed E-state index contributed by atoms with van der Waals surface area (Å²) in [7, 11) is 0. The van der Waals surface area contributed by atoms with Gasteiger partial charge in [0.1, 0.15) is 18.5 Å². The fraction of sp³-hybridized carbons (Fsp3) is 0.391. The molecule has 2 aromatic carbocycles. The van der Waals surface area contributed by atoms with Crippen LogP contribution in [0.15, 0.2) is 42.5 Å². The van der Waals surface area contributed by atoms with Gasteiger partial charge in [0, 0.05) is 31.7 Å². The zero-order valence-electron chi connectivity index (χ0n) is 17.0. The van der Waals surface area contributed by atoms with Crippen LogP contribution in [0.25, 0.3) is 0 Å². The number of halogens is 1. The van der Waals surface area contributed by atoms with Crippen LogP contribution in [0.1, 0.15) is 49.5 Å². The van der Waals surface area contributed by atoms with Gasteiger partial charge in [-0.25, -0.2) is 0 Å². The highest BCUT2D eigenvalue weighted by atomic mass is 35.5. The SMILES string of the molecule is CC(=O)OC[C@@H]1C[C@H](OC(C)=O)C[C@H](c2ccc(Cl)c(Cc3ccc(O)cc3)c2)O1. The van der Waals surface area contributed by atoms with E-state index in [1.54, 1.807) is 12.1 Å². The molecule has 30 heavy (non-hydrogen) atoms. The molecule has 1 N–H and O–H groups in total. The number of aromatic hydroxyl groups is 1. The second-order valence-electron chi connectivity index (χ2n) is 7.45. The van der Waals surface area contributed by atoms with Crippen molar-refractivity contribution < 1.29 is 28.9 Å². The molecule has 160 valence electrons. The Morgan fingerprint density at radius 1 is 1.10 bits per heavy atom. The predicted octanol–water partition coefficient (Wildman–Crippen LogP) is 4.35. The fourth-order valence-electron chi connectivity index (χ4n) is 3.60. The standard InChI is InChI=1S/C23H25ClO6/c1-14(25)28-13-21-11-20(29-15(2)26)12-23(30-21)17-5-8-22(24)18(10-17)9-16-3-6-19(27)7-4-16/h3-8,10,20-21,23,27H,9,11-13H2,1-2H3/t20-,21-,23+/m0/s1. The van der Waals surface area contributed by atoms with Crippen molar-refractivity contribution in [1.29, 1.82) is 0 Å². The Balaban J connectivity index is 1.79. The molecule has 0 aliphatic carbocycles. The van der Waals surface area contributed by atoms with E-state index in [1.165, 1.54) is 13.8 Å². The van der Waals surface area contributed by atoms with Gasteiger partial charge in [-0.1, -0.05) is 35.9 Å². The van der Waals surface area contributed by atoms with Gasteiger partial charge < -0.3 is 19.3 Å². The van der Waals surface area contributed by atoms with Crippen molar-refractivity contribution in [2.75, 3.05) is 6.61 Å². The minimum absolute atomic E-state index is 0.109. The maximum absolute atomic E-state index is 11.5. The van der Waals surface area contributed by atoms with Gasteiger partial charge in [-0.15, -0.1) is 0 Å². The molecule has 0 bridgehead atoms. The Hall–Kier alpha value is -2.57. The third-order valence-corrected chi connectivity index (χ3v) is 5.31. The Labute approximate surface area is 180 Å². The number of carbonyl (C=O) groups is 2. The summed E-state index contributed by atoms with van der Waals surface area (Å²) in [4.78, 5) is 22.7. The van der Waals surface area contributed by atoms with Gasteiger partial charge in [-0.2, -0.15) is 0 Å². The molecular formula is C23H25ClO6. The van der Waals surface area contributed by atoms with Crippen LogP contribution < -0.4 is 0 Å². The number of hydrogen-bond donors (Lipinski definition) is 1. The van der Waals surface area contributed by atoms with E-state index >= 15 is 0 Å². The molecule has 0 saturated carbocycles. The maximum atomic E-state index is 11.5. The van der Waals surface area contributed by atoms with Crippen molar-refractivity contribution in [2.45, 2.75) is 51.4 Å². The Morgan fingerprint density at radius 3 is 2.50 bits per heavy atom. The first kappa shape index (κ1) is 22.1. The van der Waals surface area contributed by atoms with Gasteiger partial charge in [-0.05, 0) is 41.3 Å². The van der Waals surface area contributed by atoms with Crippen molar-refractivity contribution >= 4 is 23.5 Å². The highest BCUT2D eigenvalue weighted by Crippen LogP contribution is 2.35. The zero-order valence-corrected chi connectivity index (χ0v) is 17.7. The first-order valence-corrected chi connectivity index (χ1v) is 10.2. The molecule has 0 aromatic heterocycles. The smallest absolute Gasteiger partial charge is 0.302 e. The quantitative estimate of drug-likeness (QED) is 0.683. The molecule has 1 saturated heterocycles. The van der Waals surface area contributed by atoms with Crippen LogP contribution >= 0.6 is 11.6 Å². The zero-order chi connectivity index (χ0) is 21.7. The van der Waals surface area contributed by atoms with E-state index < -0.39 is 0 Å². The second kappa shape index (κ2) is 9.96. The van der Waals surface area contributed by atoms with Gasteiger partial charge in [0.15, 0.2) is 0 Å². The number of hydrogen-bond acceptors (Lipinski definition) is 6. The summed E-state index contributed by atoms with van der Waals surface area (Å²) in [6, 6.07) is 12.7. The highest BCUT2D eigenvalue weighted by molar-refractivity contribution is 6.31. The average Bonchev–Trinajstić information content (AvgIpc) is 2.69. The van der Waals surface area contributed by atoms with Gasteiger partial charge >= 0.3 is 11.9 Å². The summed E-state index contributed by atoms with van der Waals surface area (Å²) < 4.78 is 16.7. The number of rotatable bonds is 6. The molecule has 2 aromatic rings. The highest BCUT2D eigenvalue weighted by Gasteiger charge is 2.33. The number of carbonyl (C=O) groups excluding carboxylic acids is 2.